The first kappa shape index (κ1) is 10.4. The van der Waals surface area contributed by atoms with Gasteiger partial charge in [-0.2, -0.15) is 0 Å². The molecule has 1 aromatic rings. The molecule has 0 atom stereocenters. The van der Waals surface area contributed by atoms with Crippen LogP contribution in [0.4, 0.5) is 0 Å². The molecule has 0 aromatic heterocycles. The molecule has 1 aromatic carbocycles. The summed E-state index contributed by atoms with van der Waals surface area (Å²) in [6.45, 7) is 0. The van der Waals surface area contributed by atoms with Crippen LogP contribution in [-0.2, 0) is 0 Å². The van der Waals surface area contributed by atoms with Crippen molar-refractivity contribution in [3.8, 4) is 0 Å². The van der Waals surface area contributed by atoms with Crippen LogP contribution in [0.3, 0.4) is 0 Å². The summed E-state index contributed by atoms with van der Waals surface area (Å²) in [6, 6.07) is 9.88. The first-order valence-electron chi connectivity index (χ1n) is 3.14. The van der Waals surface area contributed by atoms with Crippen LogP contribution in [0, 0.1) is 0 Å². The Kier molecular flexibility index (Phi) is 4.48. The van der Waals surface area contributed by atoms with Crippen molar-refractivity contribution in [3.05, 3.63) is 38.8 Å². The molecule has 0 fully saturated rings. The first-order chi connectivity index (χ1) is 5.70. The molecule has 0 N–H and O–H groups in total. The zero-order valence-corrected chi connectivity index (χ0v) is 9.91. The molecule has 0 nitrogen and oxygen atoms in total. The zero-order chi connectivity index (χ0) is 8.97. The van der Waals surface area contributed by atoms with E-state index in [0.717, 1.165) is 4.46 Å². The Hall–Kier alpha value is 0.349. The van der Waals surface area contributed by atoms with Gasteiger partial charge in [0.25, 0.3) is 0 Å². The fourth-order valence-electron chi connectivity index (χ4n) is 0.631. The maximum absolute atomic E-state index is 5.79. The van der Waals surface area contributed by atoms with E-state index in [1.807, 2.05) is 30.3 Å². The molecule has 0 aliphatic rings. The molecule has 0 heterocycles. The predicted molar refractivity (Wildman–Crippen MR) is 56.4 cm³/mol. The summed E-state index contributed by atoms with van der Waals surface area (Å²) in [5.41, 5.74) is 0. The van der Waals surface area contributed by atoms with Crippen molar-refractivity contribution in [1.29, 1.82) is 0 Å². The van der Waals surface area contributed by atoms with Gasteiger partial charge in [-0.3, -0.25) is 0 Å². The van der Waals surface area contributed by atoms with E-state index in [1.54, 1.807) is 0 Å². The van der Waals surface area contributed by atoms with E-state index >= 15 is 0 Å². The van der Waals surface area contributed by atoms with Crippen LogP contribution in [0.15, 0.2) is 38.8 Å². The van der Waals surface area contributed by atoms with Crippen LogP contribution in [0.1, 0.15) is 0 Å². The van der Waals surface area contributed by atoms with Gasteiger partial charge in [-0.15, -0.1) is 0 Å². The van der Waals surface area contributed by atoms with Crippen LogP contribution in [-0.4, -0.2) is 15.0 Å². The van der Waals surface area contributed by atoms with Crippen molar-refractivity contribution in [1.82, 2.24) is 0 Å². The van der Waals surface area contributed by atoms with E-state index in [9.17, 15) is 0 Å². The average Bonchev–Trinajstić information content (AvgIpc) is 2.06. The minimum absolute atomic E-state index is 0.0294. The van der Waals surface area contributed by atoms with Crippen molar-refractivity contribution in [2.45, 2.75) is 0 Å². The van der Waals surface area contributed by atoms with Crippen LogP contribution >= 0.6 is 34.8 Å². The van der Waals surface area contributed by atoms with E-state index in [0.29, 0.717) is 3.93 Å². The Morgan fingerprint density at radius 1 is 1.00 bits per heavy atom. The van der Waals surface area contributed by atoms with Gasteiger partial charge in [-0.25, -0.2) is 0 Å². The second-order valence-corrected chi connectivity index (χ2v) is 6.06. The van der Waals surface area contributed by atoms with E-state index in [-0.39, 0.29) is 19.4 Å². The molecule has 1 rings (SSSR count). The van der Waals surface area contributed by atoms with Crippen molar-refractivity contribution < 1.29 is 0 Å². The Morgan fingerprint density at radius 3 is 2.08 bits per heavy atom. The number of halogens is 3. The summed E-state index contributed by atoms with van der Waals surface area (Å²) in [7, 11) is 0. The van der Waals surface area contributed by atoms with Gasteiger partial charge in [0.05, 0.1) is 0 Å². The van der Waals surface area contributed by atoms with Crippen LogP contribution in [0.2, 0.25) is 0 Å². The van der Waals surface area contributed by atoms with Crippen molar-refractivity contribution in [2.75, 3.05) is 0 Å². The van der Waals surface area contributed by atoms with Crippen molar-refractivity contribution in [2.24, 2.45) is 0 Å². The summed E-state index contributed by atoms with van der Waals surface area (Å²) >= 11 is 16.8. The first-order valence-corrected chi connectivity index (χ1v) is 5.98. The summed E-state index contributed by atoms with van der Waals surface area (Å²) in [5, 5.41) is 0. The van der Waals surface area contributed by atoms with E-state index < -0.39 is 0 Å². The Bertz CT molecular complexity index is 278. The molecule has 0 spiro atoms. The van der Waals surface area contributed by atoms with Gasteiger partial charge in [0, 0.05) is 0 Å². The van der Waals surface area contributed by atoms with E-state index in [1.165, 1.54) is 0 Å². The van der Waals surface area contributed by atoms with Crippen LogP contribution in [0.25, 0.3) is 0 Å². The zero-order valence-electron chi connectivity index (χ0n) is 5.93. The minimum atomic E-state index is 0.0294. The fraction of sp³-hybridized carbons (Fsp3) is 0. The second kappa shape index (κ2) is 5.16. The molecule has 64 valence electrons. The molecule has 4 heteroatoms. The normalized spacial score (nSPS) is 9.58. The van der Waals surface area contributed by atoms with Crippen molar-refractivity contribution >= 4 is 54.2 Å². The Morgan fingerprint density at radius 2 is 1.58 bits per heavy atom. The molecular formula is C8H5Cl3Se. The Balaban J connectivity index is 2.72. The van der Waals surface area contributed by atoms with Crippen LogP contribution < -0.4 is 4.46 Å². The summed E-state index contributed by atoms with van der Waals surface area (Å²) in [4.78, 5) is 0. The molecule has 0 unspecified atom stereocenters. The standard InChI is InChI=1S/C8H5Cl3Se/c9-7(10)8(11)12-6-4-2-1-3-5-6/h1-5H. The quantitative estimate of drug-likeness (QED) is 0.733. The third-order valence-electron chi connectivity index (χ3n) is 1.10. The molecule has 0 saturated carbocycles. The average molecular weight is 286 g/mol. The molecule has 0 amide bonds. The molecule has 12 heavy (non-hydrogen) atoms. The van der Waals surface area contributed by atoms with Gasteiger partial charge in [0.1, 0.15) is 0 Å². The predicted octanol–water partition coefficient (Wildman–Crippen LogP) is 2.86. The molecule has 0 aliphatic heterocycles. The second-order valence-electron chi connectivity index (χ2n) is 1.95. The summed E-state index contributed by atoms with van der Waals surface area (Å²) in [6.07, 6.45) is 0. The van der Waals surface area contributed by atoms with Crippen LogP contribution in [0.5, 0.6) is 0 Å². The molecule has 0 saturated heterocycles. The van der Waals surface area contributed by atoms with Gasteiger partial charge < -0.3 is 0 Å². The molecular weight excluding hydrogens is 281 g/mol. The van der Waals surface area contributed by atoms with Gasteiger partial charge in [0.15, 0.2) is 0 Å². The molecule has 0 bridgehead atoms. The molecule has 0 aliphatic carbocycles. The topological polar surface area (TPSA) is 0 Å². The van der Waals surface area contributed by atoms with Gasteiger partial charge in [0.2, 0.25) is 0 Å². The third kappa shape index (κ3) is 3.38. The fourth-order valence-corrected chi connectivity index (χ4v) is 2.71. The number of rotatable bonds is 2. The summed E-state index contributed by atoms with van der Waals surface area (Å²) < 4.78 is 1.87. The van der Waals surface area contributed by atoms with E-state index in [2.05, 4.69) is 0 Å². The maximum atomic E-state index is 5.79. The van der Waals surface area contributed by atoms with Gasteiger partial charge in [-0.05, 0) is 0 Å². The van der Waals surface area contributed by atoms with E-state index in [4.69, 9.17) is 34.8 Å². The number of benzene rings is 1. The third-order valence-corrected chi connectivity index (χ3v) is 4.64. The number of hydrogen-bond donors (Lipinski definition) is 0. The monoisotopic (exact) mass is 286 g/mol. The Labute approximate surface area is 92.7 Å². The summed E-state index contributed by atoms with van der Waals surface area (Å²) in [5.74, 6) is 0. The van der Waals surface area contributed by atoms with Gasteiger partial charge >= 0.3 is 93.0 Å². The molecule has 0 radical (unpaired) electrons. The van der Waals surface area contributed by atoms with Crippen molar-refractivity contribution in [3.63, 3.8) is 0 Å². The SMILES string of the molecule is ClC(Cl)=C(Cl)[Se]c1ccccc1. The van der Waals surface area contributed by atoms with Gasteiger partial charge in [-0.1, -0.05) is 0 Å². The number of hydrogen-bond acceptors (Lipinski definition) is 0.